The largest absolute Gasteiger partial charge is 0.0879 e. The van der Waals surface area contributed by atoms with Gasteiger partial charge in [-0.15, -0.1) is 0 Å². The molecule has 4 aliphatic carbocycles. The van der Waals surface area contributed by atoms with Crippen molar-refractivity contribution in [3.63, 3.8) is 0 Å². The van der Waals surface area contributed by atoms with Gasteiger partial charge in [-0.2, -0.15) is 0 Å². The molecular formula is C22H34. The van der Waals surface area contributed by atoms with Crippen LogP contribution in [0.4, 0.5) is 0 Å². The molecule has 4 aliphatic rings. The monoisotopic (exact) mass is 298 g/mol. The summed E-state index contributed by atoms with van der Waals surface area (Å²) in [5.41, 5.74) is 6.24. The van der Waals surface area contributed by atoms with Crippen LogP contribution in [0.1, 0.15) is 85.0 Å². The van der Waals surface area contributed by atoms with E-state index < -0.39 is 0 Å². The van der Waals surface area contributed by atoms with Crippen LogP contribution in [0.25, 0.3) is 0 Å². The highest BCUT2D eigenvalue weighted by Crippen LogP contribution is 2.62. The number of hydrogen-bond donors (Lipinski definition) is 0. The third-order valence-corrected chi connectivity index (χ3v) is 8.16. The summed E-state index contributed by atoms with van der Waals surface area (Å²) in [5, 5.41) is 0. The molecule has 0 saturated heterocycles. The lowest BCUT2D eigenvalue weighted by molar-refractivity contribution is 0.0619. The molecule has 0 radical (unpaired) electrons. The molecule has 5 atom stereocenters. The Morgan fingerprint density at radius 2 is 1.73 bits per heavy atom. The zero-order chi connectivity index (χ0) is 15.3. The van der Waals surface area contributed by atoms with E-state index in [4.69, 9.17) is 0 Å². The first-order valence-electron chi connectivity index (χ1n) is 10.00. The molecule has 0 nitrogen and oxygen atoms in total. The molecule has 0 spiro atoms. The van der Waals surface area contributed by atoms with E-state index in [0.29, 0.717) is 5.41 Å². The molecule has 2 fully saturated rings. The van der Waals surface area contributed by atoms with Crippen LogP contribution in [0.15, 0.2) is 22.8 Å². The van der Waals surface area contributed by atoms with Crippen LogP contribution in [0.3, 0.4) is 0 Å². The third kappa shape index (κ3) is 2.16. The Balaban J connectivity index is 1.63. The predicted molar refractivity (Wildman–Crippen MR) is 94.7 cm³/mol. The summed E-state index contributed by atoms with van der Waals surface area (Å²) in [7, 11) is 0. The van der Waals surface area contributed by atoms with Crippen molar-refractivity contribution in [1.29, 1.82) is 0 Å². The van der Waals surface area contributed by atoms with Crippen LogP contribution < -0.4 is 0 Å². The fourth-order valence-electron chi connectivity index (χ4n) is 6.82. The van der Waals surface area contributed by atoms with Gasteiger partial charge in [-0.3, -0.25) is 0 Å². The van der Waals surface area contributed by atoms with Gasteiger partial charge in [0.2, 0.25) is 0 Å². The average Bonchev–Trinajstić information content (AvgIpc) is 2.75. The highest BCUT2D eigenvalue weighted by Gasteiger charge is 2.52. The Kier molecular flexibility index (Phi) is 3.78. The fraction of sp³-hybridized carbons (Fsp3) is 0.818. The first kappa shape index (κ1) is 15.0. The van der Waals surface area contributed by atoms with E-state index in [1.165, 1.54) is 64.2 Å². The number of allylic oxidation sites excluding steroid dienone is 4. The first-order valence-corrected chi connectivity index (χ1v) is 10.00. The van der Waals surface area contributed by atoms with Crippen LogP contribution in [-0.2, 0) is 0 Å². The molecule has 4 rings (SSSR count). The lowest BCUT2D eigenvalue weighted by Crippen LogP contribution is -2.41. The summed E-state index contributed by atoms with van der Waals surface area (Å²) in [6.45, 7) is 7.36. The summed E-state index contributed by atoms with van der Waals surface area (Å²) in [5.74, 6) is 3.94. The smallest absolute Gasteiger partial charge is 0.00851 e. The minimum atomic E-state index is 0.562. The van der Waals surface area contributed by atoms with Crippen molar-refractivity contribution < 1.29 is 0 Å². The summed E-state index contributed by atoms with van der Waals surface area (Å²) in [6, 6.07) is 0. The lowest BCUT2D eigenvalue weighted by atomic mass is 9.54. The summed E-state index contributed by atoms with van der Waals surface area (Å²) >= 11 is 0. The first-order chi connectivity index (χ1) is 10.6. The van der Waals surface area contributed by atoms with Gasteiger partial charge in [0.25, 0.3) is 0 Å². The molecule has 122 valence electrons. The van der Waals surface area contributed by atoms with Gasteiger partial charge in [0.05, 0.1) is 0 Å². The van der Waals surface area contributed by atoms with Crippen molar-refractivity contribution in [1.82, 2.24) is 0 Å². The molecule has 0 aromatic rings. The molecule has 0 aromatic heterocycles. The van der Waals surface area contributed by atoms with E-state index in [-0.39, 0.29) is 0 Å². The Bertz CT molecular complexity index is 508. The van der Waals surface area contributed by atoms with Crippen LogP contribution >= 0.6 is 0 Å². The van der Waals surface area contributed by atoms with Gasteiger partial charge in [-0.25, -0.2) is 0 Å². The molecule has 2 saturated carbocycles. The van der Waals surface area contributed by atoms with Crippen LogP contribution in [0.2, 0.25) is 0 Å². The lowest BCUT2D eigenvalue weighted by Gasteiger charge is -2.50. The quantitative estimate of drug-likeness (QED) is 0.438. The molecule has 0 heteroatoms. The van der Waals surface area contributed by atoms with E-state index in [9.17, 15) is 0 Å². The Hall–Kier alpha value is -0.520. The number of fused-ring (bicyclic) bond motifs is 4. The zero-order valence-corrected chi connectivity index (χ0v) is 15.0. The van der Waals surface area contributed by atoms with Gasteiger partial charge in [0.1, 0.15) is 0 Å². The minimum Gasteiger partial charge on any atom is -0.0879 e. The van der Waals surface area contributed by atoms with Crippen LogP contribution in [0, 0.1) is 29.1 Å². The Morgan fingerprint density at radius 1 is 0.955 bits per heavy atom. The van der Waals surface area contributed by atoms with Crippen molar-refractivity contribution >= 4 is 0 Å². The van der Waals surface area contributed by atoms with E-state index in [1.54, 1.807) is 5.57 Å². The molecule has 22 heavy (non-hydrogen) atoms. The Labute approximate surface area is 137 Å². The second-order valence-corrected chi connectivity index (χ2v) is 9.04. The minimum absolute atomic E-state index is 0.562. The summed E-state index contributed by atoms with van der Waals surface area (Å²) < 4.78 is 0. The molecule has 0 aromatic carbocycles. The molecule has 0 heterocycles. The van der Waals surface area contributed by atoms with Gasteiger partial charge >= 0.3 is 0 Å². The second-order valence-electron chi connectivity index (χ2n) is 9.04. The summed E-state index contributed by atoms with van der Waals surface area (Å²) in [6.07, 6.45) is 17.0. The second kappa shape index (κ2) is 5.53. The van der Waals surface area contributed by atoms with Crippen molar-refractivity contribution in [3.8, 4) is 0 Å². The van der Waals surface area contributed by atoms with Crippen LogP contribution in [0.5, 0.6) is 0 Å². The van der Waals surface area contributed by atoms with Gasteiger partial charge < -0.3 is 0 Å². The molecule has 0 bridgehead atoms. The predicted octanol–water partition coefficient (Wildman–Crippen LogP) is 6.68. The van der Waals surface area contributed by atoms with Crippen LogP contribution in [-0.4, -0.2) is 0 Å². The van der Waals surface area contributed by atoms with E-state index in [2.05, 4.69) is 26.8 Å². The highest BCUT2D eigenvalue weighted by molar-refractivity contribution is 5.29. The van der Waals surface area contributed by atoms with E-state index in [0.717, 1.165) is 23.7 Å². The SMILES string of the molecule is C/C=C1\CCC2C3CCC4=C(CCC(C)CC4)C3CC[C@]12C. The van der Waals surface area contributed by atoms with Crippen molar-refractivity contribution in [2.75, 3.05) is 0 Å². The average molecular weight is 299 g/mol. The van der Waals surface area contributed by atoms with Crippen molar-refractivity contribution in [3.05, 3.63) is 22.8 Å². The van der Waals surface area contributed by atoms with Gasteiger partial charge in [-0.1, -0.05) is 36.6 Å². The third-order valence-electron chi connectivity index (χ3n) is 8.16. The number of rotatable bonds is 0. The van der Waals surface area contributed by atoms with Gasteiger partial charge in [0, 0.05) is 0 Å². The topological polar surface area (TPSA) is 0 Å². The maximum Gasteiger partial charge on any atom is -0.00851 e. The summed E-state index contributed by atoms with van der Waals surface area (Å²) in [4.78, 5) is 0. The Morgan fingerprint density at radius 3 is 2.55 bits per heavy atom. The molecular weight excluding hydrogens is 264 g/mol. The molecule has 4 unspecified atom stereocenters. The molecule has 0 aliphatic heterocycles. The fourth-order valence-corrected chi connectivity index (χ4v) is 6.82. The maximum atomic E-state index is 2.61. The number of hydrogen-bond acceptors (Lipinski definition) is 0. The van der Waals surface area contributed by atoms with Gasteiger partial charge in [-0.05, 0) is 100 Å². The van der Waals surface area contributed by atoms with Crippen molar-refractivity contribution in [2.45, 2.75) is 85.0 Å². The standard InChI is InChI=1S/C22H34/c1-4-17-9-12-21-20-11-8-16-7-5-15(2)6-10-18(16)19(20)13-14-22(17,21)3/h4,15,19-21H,5-14H2,1-3H3/b17-4+/t15?,19?,20?,21?,22-/m1/s1. The van der Waals surface area contributed by atoms with E-state index in [1.807, 2.05) is 11.1 Å². The van der Waals surface area contributed by atoms with Crippen molar-refractivity contribution in [2.24, 2.45) is 29.1 Å². The zero-order valence-electron chi connectivity index (χ0n) is 15.0. The van der Waals surface area contributed by atoms with Gasteiger partial charge in [0.15, 0.2) is 0 Å². The molecule has 0 N–H and O–H groups in total. The normalized spacial score (nSPS) is 47.0. The van der Waals surface area contributed by atoms with E-state index >= 15 is 0 Å². The maximum absolute atomic E-state index is 2.61. The molecule has 0 amide bonds. The highest BCUT2D eigenvalue weighted by atomic mass is 14.6.